The van der Waals surface area contributed by atoms with Crippen molar-refractivity contribution < 1.29 is 0 Å². The summed E-state index contributed by atoms with van der Waals surface area (Å²) >= 11 is 0. The lowest BCUT2D eigenvalue weighted by atomic mass is 10.3. The van der Waals surface area contributed by atoms with Gasteiger partial charge in [0.15, 0.2) is 5.65 Å². The van der Waals surface area contributed by atoms with E-state index in [1.165, 1.54) is 0 Å². The second-order valence-electron chi connectivity index (χ2n) is 5.09. The Morgan fingerprint density at radius 1 is 1.14 bits per heavy atom. The first kappa shape index (κ1) is 13.0. The Morgan fingerprint density at radius 3 is 2.95 bits per heavy atom. The maximum atomic E-state index is 4.34. The summed E-state index contributed by atoms with van der Waals surface area (Å²) in [5, 5.41) is 6.49. The van der Waals surface area contributed by atoms with Gasteiger partial charge >= 0.3 is 0 Å². The van der Waals surface area contributed by atoms with E-state index >= 15 is 0 Å². The molecule has 1 aliphatic heterocycles. The van der Waals surface area contributed by atoms with Gasteiger partial charge in [0.1, 0.15) is 11.3 Å². The number of fused-ring (bicyclic) bond motifs is 1. The molecule has 8 heteroatoms. The number of rotatable bonds is 3. The van der Waals surface area contributed by atoms with Gasteiger partial charge in [-0.15, -0.1) is 0 Å². The second-order valence-corrected chi connectivity index (χ2v) is 5.09. The van der Waals surface area contributed by atoms with Crippen molar-refractivity contribution >= 4 is 28.6 Å². The second kappa shape index (κ2) is 5.57. The molecule has 0 radical (unpaired) electrons. The molecule has 0 aromatic carbocycles. The minimum Gasteiger partial charge on any atom is -0.369 e. The van der Waals surface area contributed by atoms with Gasteiger partial charge in [-0.3, -0.25) is 0 Å². The highest BCUT2D eigenvalue weighted by Gasteiger charge is 2.11. The summed E-state index contributed by atoms with van der Waals surface area (Å²) < 4.78 is 0. The molecule has 0 spiro atoms. The van der Waals surface area contributed by atoms with Gasteiger partial charge < -0.3 is 20.5 Å². The van der Waals surface area contributed by atoms with Crippen molar-refractivity contribution in [3.8, 4) is 0 Å². The monoisotopic (exact) mass is 296 g/mol. The topological polar surface area (TPSA) is 94.7 Å². The lowest BCUT2D eigenvalue weighted by molar-refractivity contribution is 0.589. The minimum atomic E-state index is 0.490. The maximum Gasteiger partial charge on any atom is 0.230 e. The lowest BCUT2D eigenvalue weighted by Gasteiger charge is -2.29. The maximum absolute atomic E-state index is 4.34. The molecule has 112 valence electrons. The molecule has 22 heavy (non-hydrogen) atoms. The largest absolute Gasteiger partial charge is 0.369 e. The van der Waals surface area contributed by atoms with Crippen LogP contribution in [0.2, 0.25) is 0 Å². The molecule has 1 aliphatic rings. The van der Waals surface area contributed by atoms with Gasteiger partial charge in [0.05, 0.1) is 12.5 Å². The van der Waals surface area contributed by atoms with Crippen molar-refractivity contribution in [2.24, 2.45) is 0 Å². The summed E-state index contributed by atoms with van der Waals surface area (Å²) in [6.07, 6.45) is 5.11. The summed E-state index contributed by atoms with van der Waals surface area (Å²) in [7, 11) is 0. The van der Waals surface area contributed by atoms with Crippen LogP contribution < -0.4 is 15.5 Å². The van der Waals surface area contributed by atoms with Crippen LogP contribution in [0.25, 0.3) is 11.2 Å². The quantitative estimate of drug-likeness (QED) is 0.661. The molecule has 1 saturated heterocycles. The van der Waals surface area contributed by atoms with E-state index in [0.717, 1.165) is 43.2 Å². The van der Waals surface area contributed by atoms with E-state index in [4.69, 9.17) is 0 Å². The predicted molar refractivity (Wildman–Crippen MR) is 84.3 cm³/mol. The molecule has 0 unspecified atom stereocenters. The molecule has 4 heterocycles. The number of nitrogens with one attached hydrogen (secondary N) is 3. The van der Waals surface area contributed by atoms with Gasteiger partial charge in [-0.25, -0.2) is 15.0 Å². The fraction of sp³-hybridized carbons (Fsp3) is 0.286. The average molecular weight is 296 g/mol. The van der Waals surface area contributed by atoms with Crippen LogP contribution >= 0.6 is 0 Å². The highest BCUT2D eigenvalue weighted by molar-refractivity contribution is 5.70. The normalized spacial score (nSPS) is 15.2. The molecule has 0 amide bonds. The van der Waals surface area contributed by atoms with Gasteiger partial charge in [0.2, 0.25) is 5.95 Å². The molecule has 0 bridgehead atoms. The van der Waals surface area contributed by atoms with Crippen LogP contribution in [0.1, 0.15) is 0 Å². The number of pyridine rings is 1. The minimum absolute atomic E-state index is 0.490. The number of hydrogen-bond donors (Lipinski definition) is 3. The molecule has 3 aromatic heterocycles. The SMILES string of the molecule is c1cc(N2CCNCC2)cc(Nc2ncc3[nH]cnc3n2)n1. The standard InChI is InChI=1S/C14H16N8/c1-2-16-12(7-10(1)22-5-3-15-4-6-22)20-14-17-8-11-13(21-14)19-9-18-11/h1-2,7-9,15H,3-6H2,(H2,16,17,18,19,20,21). The number of aromatic nitrogens is 5. The van der Waals surface area contributed by atoms with Crippen molar-refractivity contribution in [1.29, 1.82) is 0 Å². The average Bonchev–Trinajstić information content (AvgIpc) is 3.04. The molecule has 0 atom stereocenters. The first-order valence-corrected chi connectivity index (χ1v) is 7.23. The Kier molecular flexibility index (Phi) is 3.28. The van der Waals surface area contributed by atoms with Crippen LogP contribution in [-0.4, -0.2) is 51.1 Å². The van der Waals surface area contributed by atoms with Crippen LogP contribution in [0.3, 0.4) is 0 Å². The molecule has 4 rings (SSSR count). The Hall–Kier alpha value is -2.74. The van der Waals surface area contributed by atoms with E-state index in [1.807, 2.05) is 12.1 Å². The predicted octanol–water partition coefficient (Wildman–Crippen LogP) is 0.901. The number of anilines is 3. The van der Waals surface area contributed by atoms with Crippen LogP contribution in [0.4, 0.5) is 17.5 Å². The molecule has 3 aromatic rings. The fourth-order valence-electron chi connectivity index (χ4n) is 2.52. The zero-order valence-electron chi connectivity index (χ0n) is 12.0. The van der Waals surface area contributed by atoms with Crippen molar-refractivity contribution in [2.45, 2.75) is 0 Å². The summed E-state index contributed by atoms with van der Waals surface area (Å²) in [5.41, 5.74) is 2.60. The summed E-state index contributed by atoms with van der Waals surface area (Å²) in [5.74, 6) is 1.22. The molecular weight excluding hydrogens is 280 g/mol. The lowest BCUT2D eigenvalue weighted by Crippen LogP contribution is -2.43. The van der Waals surface area contributed by atoms with Crippen LogP contribution in [0.5, 0.6) is 0 Å². The fourth-order valence-corrected chi connectivity index (χ4v) is 2.52. The number of aromatic amines is 1. The Labute approximate surface area is 127 Å². The Morgan fingerprint density at radius 2 is 2.05 bits per heavy atom. The Bertz CT molecular complexity index is 777. The van der Waals surface area contributed by atoms with Gasteiger partial charge in [0, 0.05) is 44.1 Å². The summed E-state index contributed by atoms with van der Waals surface area (Å²) in [6, 6.07) is 4.04. The smallest absolute Gasteiger partial charge is 0.230 e. The van der Waals surface area contributed by atoms with E-state index < -0.39 is 0 Å². The number of hydrogen-bond acceptors (Lipinski definition) is 7. The molecule has 0 saturated carbocycles. The molecule has 3 N–H and O–H groups in total. The number of piperazine rings is 1. The molecule has 1 fully saturated rings. The van der Waals surface area contributed by atoms with Crippen molar-refractivity contribution in [2.75, 3.05) is 36.4 Å². The highest BCUT2D eigenvalue weighted by atomic mass is 15.2. The van der Waals surface area contributed by atoms with Crippen molar-refractivity contribution in [3.05, 3.63) is 30.9 Å². The first-order chi connectivity index (χ1) is 10.9. The van der Waals surface area contributed by atoms with E-state index in [2.05, 4.69) is 40.5 Å². The highest BCUT2D eigenvalue weighted by Crippen LogP contribution is 2.20. The van der Waals surface area contributed by atoms with Crippen molar-refractivity contribution in [3.63, 3.8) is 0 Å². The molecule has 8 nitrogen and oxygen atoms in total. The zero-order chi connectivity index (χ0) is 14.8. The van der Waals surface area contributed by atoms with E-state index in [-0.39, 0.29) is 0 Å². The molecular formula is C14H16N8. The third-order valence-corrected chi connectivity index (χ3v) is 3.64. The van der Waals surface area contributed by atoms with E-state index in [1.54, 1.807) is 18.7 Å². The van der Waals surface area contributed by atoms with E-state index in [9.17, 15) is 0 Å². The summed E-state index contributed by atoms with van der Waals surface area (Å²) in [4.78, 5) is 22.4. The summed E-state index contributed by atoms with van der Waals surface area (Å²) in [6.45, 7) is 4.01. The zero-order valence-corrected chi connectivity index (χ0v) is 12.0. The Balaban J connectivity index is 1.56. The van der Waals surface area contributed by atoms with E-state index in [0.29, 0.717) is 11.6 Å². The number of nitrogens with zero attached hydrogens (tertiary/aromatic N) is 5. The number of imidazole rings is 1. The van der Waals surface area contributed by atoms with Gasteiger partial charge in [-0.1, -0.05) is 0 Å². The third-order valence-electron chi connectivity index (χ3n) is 3.64. The van der Waals surface area contributed by atoms with Crippen LogP contribution in [0.15, 0.2) is 30.9 Å². The van der Waals surface area contributed by atoms with Crippen LogP contribution in [-0.2, 0) is 0 Å². The van der Waals surface area contributed by atoms with Gasteiger partial charge in [0.25, 0.3) is 0 Å². The van der Waals surface area contributed by atoms with Gasteiger partial charge in [-0.2, -0.15) is 4.98 Å². The van der Waals surface area contributed by atoms with Crippen molar-refractivity contribution in [1.82, 2.24) is 30.2 Å². The van der Waals surface area contributed by atoms with Gasteiger partial charge in [-0.05, 0) is 6.07 Å². The number of H-pyrrole nitrogens is 1. The molecule has 0 aliphatic carbocycles. The van der Waals surface area contributed by atoms with Crippen LogP contribution in [0, 0.1) is 0 Å². The first-order valence-electron chi connectivity index (χ1n) is 7.23. The third kappa shape index (κ3) is 2.56.